The lowest BCUT2D eigenvalue weighted by molar-refractivity contribution is -0.0528. The van der Waals surface area contributed by atoms with E-state index in [2.05, 4.69) is 0 Å². The van der Waals surface area contributed by atoms with Crippen molar-refractivity contribution in [2.24, 2.45) is 0 Å². The lowest BCUT2D eigenvalue weighted by atomic mass is 10.1. The summed E-state index contributed by atoms with van der Waals surface area (Å²) in [6, 6.07) is 21.1. The van der Waals surface area contributed by atoms with E-state index in [0.717, 1.165) is 0 Å². The molecule has 6 nitrogen and oxygen atoms in total. The minimum Gasteiger partial charge on any atom is -0.447 e. The number of ether oxygens (including phenoxy) is 4. The highest BCUT2D eigenvalue weighted by atomic mass is 16.7. The monoisotopic (exact) mass is 374 g/mol. The predicted octanol–water partition coefficient (Wildman–Crippen LogP) is 4.18. The Morgan fingerprint density at radius 1 is 0.571 bits per heavy atom. The van der Waals surface area contributed by atoms with Crippen LogP contribution in [0.1, 0.15) is 44.4 Å². The molecule has 0 N–H and O–H groups in total. The summed E-state index contributed by atoms with van der Waals surface area (Å²) in [5, 5.41) is 0. The highest BCUT2D eigenvalue weighted by Gasteiger charge is 2.35. The van der Waals surface area contributed by atoms with Gasteiger partial charge < -0.3 is 18.9 Å². The van der Waals surface area contributed by atoms with Crippen LogP contribution < -0.4 is 9.47 Å². The summed E-state index contributed by atoms with van der Waals surface area (Å²) in [4.78, 5) is 24.0. The third kappa shape index (κ3) is 2.66. The van der Waals surface area contributed by atoms with Gasteiger partial charge in [-0.2, -0.15) is 0 Å². The molecule has 5 rings (SSSR count). The van der Waals surface area contributed by atoms with Crippen molar-refractivity contribution in [2.45, 2.75) is 12.6 Å². The predicted molar refractivity (Wildman–Crippen MR) is 96.9 cm³/mol. The van der Waals surface area contributed by atoms with Crippen LogP contribution in [0, 0.1) is 0 Å². The molecule has 0 fully saturated rings. The van der Waals surface area contributed by atoms with E-state index in [-0.39, 0.29) is 0 Å². The molecule has 0 radical (unpaired) electrons. The summed E-state index contributed by atoms with van der Waals surface area (Å²) in [6.45, 7) is 0. The lowest BCUT2D eigenvalue weighted by Gasteiger charge is -2.19. The molecule has 2 atom stereocenters. The zero-order chi connectivity index (χ0) is 19.1. The van der Waals surface area contributed by atoms with Crippen LogP contribution in [0.2, 0.25) is 0 Å². The fraction of sp³-hybridized carbons (Fsp3) is 0.0909. The fourth-order valence-electron chi connectivity index (χ4n) is 3.28. The van der Waals surface area contributed by atoms with Gasteiger partial charge in [0, 0.05) is 11.1 Å². The number of carbonyl (C=O) groups excluding carboxylic acids is 2. The normalized spacial score (nSPS) is 19.4. The van der Waals surface area contributed by atoms with Gasteiger partial charge in [0.2, 0.25) is 0 Å². The van der Waals surface area contributed by atoms with Gasteiger partial charge in [0.25, 0.3) is 12.6 Å². The Balaban J connectivity index is 1.42. The van der Waals surface area contributed by atoms with Crippen molar-refractivity contribution in [1.29, 1.82) is 0 Å². The maximum Gasteiger partial charge on any atom is 0.342 e. The van der Waals surface area contributed by atoms with Crippen LogP contribution in [-0.2, 0) is 9.47 Å². The molecule has 0 amide bonds. The number of fused-ring (bicyclic) bond motifs is 2. The minimum absolute atomic E-state index is 0.373. The van der Waals surface area contributed by atoms with Crippen molar-refractivity contribution >= 4 is 11.9 Å². The van der Waals surface area contributed by atoms with Crippen molar-refractivity contribution in [1.82, 2.24) is 0 Å². The van der Waals surface area contributed by atoms with Crippen LogP contribution >= 0.6 is 0 Å². The average molecular weight is 374 g/mol. The van der Waals surface area contributed by atoms with Crippen LogP contribution in [0.25, 0.3) is 0 Å². The van der Waals surface area contributed by atoms with E-state index in [1.165, 1.54) is 0 Å². The number of hydrogen-bond acceptors (Lipinski definition) is 6. The Labute approximate surface area is 160 Å². The van der Waals surface area contributed by atoms with Crippen LogP contribution in [-0.4, -0.2) is 11.9 Å². The number of para-hydroxylation sites is 2. The minimum atomic E-state index is -0.869. The van der Waals surface area contributed by atoms with Gasteiger partial charge in [-0.3, -0.25) is 0 Å². The van der Waals surface area contributed by atoms with Gasteiger partial charge in [0.15, 0.2) is 11.5 Å². The number of hydrogen-bond donors (Lipinski definition) is 0. The average Bonchev–Trinajstić information content (AvgIpc) is 3.21. The van der Waals surface area contributed by atoms with Gasteiger partial charge in [-0.05, 0) is 24.3 Å². The van der Waals surface area contributed by atoms with E-state index in [0.29, 0.717) is 33.8 Å². The molecule has 0 spiro atoms. The molecule has 0 aromatic heterocycles. The molecule has 3 aromatic carbocycles. The highest BCUT2D eigenvalue weighted by Crippen LogP contribution is 2.39. The Hall–Kier alpha value is -3.80. The lowest BCUT2D eigenvalue weighted by Crippen LogP contribution is -2.11. The molecule has 0 saturated carbocycles. The molecule has 0 unspecified atom stereocenters. The number of carbonyl (C=O) groups is 2. The molecule has 0 bridgehead atoms. The van der Waals surface area contributed by atoms with Crippen molar-refractivity contribution in [3.63, 3.8) is 0 Å². The zero-order valence-corrected chi connectivity index (χ0v) is 14.5. The van der Waals surface area contributed by atoms with Crippen LogP contribution in [0.4, 0.5) is 0 Å². The summed E-state index contributed by atoms with van der Waals surface area (Å²) in [5.74, 6) is -0.120. The molecule has 138 valence electrons. The summed E-state index contributed by atoms with van der Waals surface area (Å²) in [5.41, 5.74) is 2.26. The number of esters is 2. The Morgan fingerprint density at radius 3 is 1.43 bits per heavy atom. The Bertz CT molecular complexity index is 1000. The second-order valence-electron chi connectivity index (χ2n) is 6.33. The summed E-state index contributed by atoms with van der Waals surface area (Å²) in [6.07, 6.45) is -1.74. The molecule has 0 aliphatic carbocycles. The number of benzene rings is 3. The second kappa shape index (κ2) is 6.42. The molecular formula is C22H14O6. The first-order valence-corrected chi connectivity index (χ1v) is 8.73. The van der Waals surface area contributed by atoms with Crippen LogP contribution in [0.3, 0.4) is 0 Å². The van der Waals surface area contributed by atoms with E-state index in [9.17, 15) is 9.59 Å². The number of rotatable bonds is 4. The third-order valence-electron chi connectivity index (χ3n) is 4.61. The first-order valence-electron chi connectivity index (χ1n) is 8.73. The molecule has 28 heavy (non-hydrogen) atoms. The maximum atomic E-state index is 12.0. The molecule has 2 aliphatic heterocycles. The van der Waals surface area contributed by atoms with Gasteiger partial charge >= 0.3 is 11.9 Å². The smallest absolute Gasteiger partial charge is 0.342 e. The maximum absolute atomic E-state index is 12.0. The van der Waals surface area contributed by atoms with Crippen molar-refractivity contribution < 1.29 is 28.5 Å². The van der Waals surface area contributed by atoms with Gasteiger partial charge in [0.1, 0.15) is 0 Å². The largest absolute Gasteiger partial charge is 0.447 e. The van der Waals surface area contributed by atoms with Crippen LogP contribution in [0.15, 0.2) is 72.8 Å². The zero-order valence-electron chi connectivity index (χ0n) is 14.5. The first kappa shape index (κ1) is 16.4. The molecule has 0 saturated heterocycles. The van der Waals surface area contributed by atoms with E-state index in [1.54, 1.807) is 60.7 Å². The van der Waals surface area contributed by atoms with E-state index < -0.39 is 24.5 Å². The SMILES string of the molecule is O=C1O[C@@H](Oc2ccccc2O[C@@H]2OC(=O)c3ccccc32)c2ccccc21. The Morgan fingerprint density at radius 2 is 0.964 bits per heavy atom. The molecule has 3 aromatic rings. The number of cyclic esters (lactones) is 2. The van der Waals surface area contributed by atoms with Crippen molar-refractivity contribution in [3.05, 3.63) is 95.1 Å². The molecule has 6 heteroatoms. The Kier molecular flexibility index (Phi) is 3.76. The van der Waals surface area contributed by atoms with Gasteiger partial charge in [-0.25, -0.2) is 9.59 Å². The fourth-order valence-corrected chi connectivity index (χ4v) is 3.28. The van der Waals surface area contributed by atoms with Crippen molar-refractivity contribution in [3.8, 4) is 11.5 Å². The topological polar surface area (TPSA) is 71.1 Å². The van der Waals surface area contributed by atoms with Crippen molar-refractivity contribution in [2.75, 3.05) is 0 Å². The van der Waals surface area contributed by atoms with Gasteiger partial charge in [0.05, 0.1) is 11.1 Å². The van der Waals surface area contributed by atoms with E-state index in [1.807, 2.05) is 12.1 Å². The first-order chi connectivity index (χ1) is 13.7. The van der Waals surface area contributed by atoms with Gasteiger partial charge in [-0.15, -0.1) is 0 Å². The standard InChI is InChI=1S/C22H14O6/c23-19-13-7-1-3-9-15(13)21(27-19)25-17-11-5-6-12-18(17)26-22-16-10-4-2-8-14(16)20(24)28-22/h1-12,21-22H/t21-,22-/m1/s1. The third-order valence-corrected chi connectivity index (χ3v) is 4.61. The summed E-state index contributed by atoms with van der Waals surface area (Å²) < 4.78 is 22.5. The van der Waals surface area contributed by atoms with Crippen LogP contribution in [0.5, 0.6) is 11.5 Å². The quantitative estimate of drug-likeness (QED) is 0.638. The summed E-state index contributed by atoms with van der Waals surface area (Å²) >= 11 is 0. The summed E-state index contributed by atoms with van der Waals surface area (Å²) in [7, 11) is 0. The van der Waals surface area contributed by atoms with E-state index >= 15 is 0 Å². The highest BCUT2D eigenvalue weighted by molar-refractivity contribution is 5.94. The second-order valence-corrected chi connectivity index (χ2v) is 6.33. The van der Waals surface area contributed by atoms with E-state index in [4.69, 9.17) is 18.9 Å². The van der Waals surface area contributed by atoms with Gasteiger partial charge in [-0.1, -0.05) is 48.5 Å². The molecular weight excluding hydrogens is 360 g/mol. The molecule has 2 heterocycles. The molecule has 2 aliphatic rings.